The van der Waals surface area contributed by atoms with Crippen molar-refractivity contribution in [2.75, 3.05) is 14.2 Å². The number of nitrogens with zero attached hydrogens (tertiary/aromatic N) is 4. The lowest BCUT2D eigenvalue weighted by Gasteiger charge is -2.09. The number of ether oxygens (including phenoxy) is 2. The third-order valence-corrected chi connectivity index (χ3v) is 4.84. The molecule has 3 aromatic rings. The molecule has 0 aliphatic heterocycles. The van der Waals surface area contributed by atoms with Crippen molar-refractivity contribution >= 4 is 23.3 Å². The molecule has 1 N–H and O–H groups in total. The number of rotatable bonds is 6. The molecule has 9 nitrogen and oxygen atoms in total. The van der Waals surface area contributed by atoms with Crippen LogP contribution >= 0.6 is 0 Å². The van der Waals surface area contributed by atoms with Crippen LogP contribution in [0.5, 0.6) is 17.2 Å². The highest BCUT2D eigenvalue weighted by molar-refractivity contribution is 5.77. The zero-order valence-corrected chi connectivity index (χ0v) is 17.1. The van der Waals surface area contributed by atoms with Gasteiger partial charge in [-0.25, -0.2) is 9.78 Å². The molecule has 3 rings (SSSR count). The molecule has 0 unspecified atom stereocenters. The van der Waals surface area contributed by atoms with E-state index >= 15 is 0 Å². The van der Waals surface area contributed by atoms with E-state index in [1.165, 1.54) is 23.4 Å². The summed E-state index contributed by atoms with van der Waals surface area (Å²) in [4.78, 5) is 29.8. The first-order valence-electron chi connectivity index (χ1n) is 9.20. The van der Waals surface area contributed by atoms with E-state index in [2.05, 4.69) is 4.98 Å². The van der Waals surface area contributed by atoms with Gasteiger partial charge >= 0.3 is 5.69 Å². The number of benzene rings is 1. The lowest BCUT2D eigenvalue weighted by Crippen LogP contribution is -2.39. The van der Waals surface area contributed by atoms with E-state index in [0.29, 0.717) is 29.1 Å². The third kappa shape index (κ3) is 3.28. The minimum absolute atomic E-state index is 0.0815. The van der Waals surface area contributed by atoms with E-state index in [9.17, 15) is 14.7 Å². The summed E-state index contributed by atoms with van der Waals surface area (Å²) in [5, 5.41) is 10.0. The number of phenolic OH excluding ortho intramolecular Hbond substituents is 1. The smallest absolute Gasteiger partial charge is 0.332 e. The van der Waals surface area contributed by atoms with Crippen LogP contribution in [-0.2, 0) is 20.1 Å². The van der Waals surface area contributed by atoms with Crippen molar-refractivity contribution in [3.05, 3.63) is 44.4 Å². The van der Waals surface area contributed by atoms with Crippen LogP contribution < -0.4 is 20.7 Å². The van der Waals surface area contributed by atoms with Gasteiger partial charge in [-0.1, -0.05) is 6.08 Å². The molecule has 0 aliphatic carbocycles. The van der Waals surface area contributed by atoms with E-state index in [-0.39, 0.29) is 35.0 Å². The quantitative estimate of drug-likeness (QED) is 0.678. The maximum absolute atomic E-state index is 12.8. The molecule has 0 aliphatic rings. The predicted octanol–water partition coefficient (Wildman–Crippen LogP) is 1.83. The number of fused-ring (bicyclic) bond motifs is 1. The summed E-state index contributed by atoms with van der Waals surface area (Å²) in [6.07, 6.45) is 3.49. The molecule has 2 aromatic heterocycles. The number of aromatic hydroxyl groups is 1. The topological polar surface area (TPSA) is 101 Å². The average molecular weight is 400 g/mol. The van der Waals surface area contributed by atoms with Crippen LogP contribution in [0.25, 0.3) is 23.3 Å². The minimum Gasteiger partial charge on any atom is -0.502 e. The number of aryl methyl sites for hydroxylation is 2. The Labute approximate surface area is 167 Å². The highest BCUT2D eigenvalue weighted by Crippen LogP contribution is 2.37. The number of methoxy groups -OCH3 is 2. The van der Waals surface area contributed by atoms with Crippen LogP contribution in [0, 0.1) is 0 Å². The first-order valence-corrected chi connectivity index (χ1v) is 9.20. The van der Waals surface area contributed by atoms with Gasteiger partial charge in [-0.05, 0) is 37.6 Å². The molecule has 0 radical (unpaired) electrons. The Morgan fingerprint density at radius 3 is 2.14 bits per heavy atom. The van der Waals surface area contributed by atoms with Crippen LogP contribution in [0.1, 0.15) is 25.2 Å². The molecule has 0 atom stereocenters. The molecule has 0 saturated heterocycles. The van der Waals surface area contributed by atoms with Crippen LogP contribution in [0.15, 0.2) is 21.7 Å². The van der Waals surface area contributed by atoms with Crippen LogP contribution in [-0.4, -0.2) is 38.0 Å². The van der Waals surface area contributed by atoms with E-state index < -0.39 is 0 Å². The summed E-state index contributed by atoms with van der Waals surface area (Å²) in [6, 6.07) is 3.31. The van der Waals surface area contributed by atoms with Crippen molar-refractivity contribution in [1.82, 2.24) is 18.7 Å². The summed E-state index contributed by atoms with van der Waals surface area (Å²) >= 11 is 0. The molecule has 0 amide bonds. The molecular weight excluding hydrogens is 376 g/mol. The molecular formula is C20H24N4O5. The van der Waals surface area contributed by atoms with Gasteiger partial charge in [-0.15, -0.1) is 0 Å². The van der Waals surface area contributed by atoms with Gasteiger partial charge < -0.3 is 19.1 Å². The fourth-order valence-corrected chi connectivity index (χ4v) is 3.27. The van der Waals surface area contributed by atoms with Crippen molar-refractivity contribution in [2.24, 2.45) is 7.05 Å². The molecule has 1 aromatic carbocycles. The second-order valence-corrected chi connectivity index (χ2v) is 6.38. The van der Waals surface area contributed by atoms with Crippen LogP contribution in [0.3, 0.4) is 0 Å². The summed E-state index contributed by atoms with van der Waals surface area (Å²) in [5.41, 5.74) is 0.709. The highest BCUT2D eigenvalue weighted by atomic mass is 16.5. The van der Waals surface area contributed by atoms with Crippen molar-refractivity contribution in [2.45, 2.75) is 26.9 Å². The maximum Gasteiger partial charge on any atom is 0.332 e. The Kier molecular flexibility index (Phi) is 5.49. The average Bonchev–Trinajstić information content (AvgIpc) is 3.04. The first kappa shape index (κ1) is 20.2. The normalized spacial score (nSPS) is 11.5. The van der Waals surface area contributed by atoms with E-state index in [1.807, 2.05) is 6.92 Å². The fraction of sp³-hybridized carbons (Fsp3) is 0.350. The second kappa shape index (κ2) is 7.86. The first-order chi connectivity index (χ1) is 13.9. The van der Waals surface area contributed by atoms with Gasteiger partial charge in [0.15, 0.2) is 22.7 Å². The number of hydrogen-bond donors (Lipinski definition) is 1. The van der Waals surface area contributed by atoms with E-state index in [0.717, 1.165) is 0 Å². The van der Waals surface area contributed by atoms with Crippen LogP contribution in [0.4, 0.5) is 0 Å². The van der Waals surface area contributed by atoms with Gasteiger partial charge in [0, 0.05) is 20.1 Å². The molecule has 0 spiro atoms. The Balaban J connectivity index is 2.18. The molecule has 0 saturated carbocycles. The van der Waals surface area contributed by atoms with E-state index in [4.69, 9.17) is 9.47 Å². The SMILES string of the molecule is CCn1c(=O)c2c(nc(C=Cc3cc(OC)c(O)c(OC)c3)n2C)n(CC)c1=O. The molecule has 2 heterocycles. The minimum atomic E-state index is -0.367. The number of phenols is 1. The molecule has 0 fully saturated rings. The van der Waals surface area contributed by atoms with E-state index in [1.54, 1.807) is 42.8 Å². The molecule has 29 heavy (non-hydrogen) atoms. The summed E-state index contributed by atoms with van der Waals surface area (Å²) in [6.45, 7) is 4.29. The Bertz CT molecular complexity index is 1190. The monoisotopic (exact) mass is 400 g/mol. The molecule has 9 heteroatoms. The molecule has 0 bridgehead atoms. The largest absolute Gasteiger partial charge is 0.502 e. The lowest BCUT2D eigenvalue weighted by atomic mass is 10.1. The fourth-order valence-electron chi connectivity index (χ4n) is 3.27. The van der Waals surface area contributed by atoms with Gasteiger partial charge in [0.2, 0.25) is 5.75 Å². The zero-order valence-electron chi connectivity index (χ0n) is 17.1. The van der Waals surface area contributed by atoms with Gasteiger partial charge in [-0.2, -0.15) is 0 Å². The standard InChI is InChI=1S/C20H24N4O5/c1-6-23-18-16(19(26)24(7-2)20(23)27)22(3)15(21-18)9-8-12-10-13(28-4)17(25)14(11-12)29-5/h8-11,25H,6-7H2,1-5H3. The van der Waals surface area contributed by atoms with Gasteiger partial charge in [0.25, 0.3) is 5.56 Å². The third-order valence-electron chi connectivity index (χ3n) is 4.84. The van der Waals surface area contributed by atoms with Crippen molar-refractivity contribution in [3.8, 4) is 17.2 Å². The number of imidazole rings is 1. The zero-order chi connectivity index (χ0) is 21.3. The summed E-state index contributed by atoms with van der Waals surface area (Å²) in [5.74, 6) is 0.986. The van der Waals surface area contributed by atoms with Gasteiger partial charge in [0.1, 0.15) is 5.82 Å². The summed E-state index contributed by atoms with van der Waals surface area (Å²) in [7, 11) is 4.64. The van der Waals surface area contributed by atoms with Crippen molar-refractivity contribution < 1.29 is 14.6 Å². The Morgan fingerprint density at radius 2 is 1.62 bits per heavy atom. The molecule has 154 valence electrons. The van der Waals surface area contributed by atoms with Crippen LogP contribution in [0.2, 0.25) is 0 Å². The maximum atomic E-state index is 12.8. The summed E-state index contributed by atoms with van der Waals surface area (Å²) < 4.78 is 14.7. The van der Waals surface area contributed by atoms with Crippen molar-refractivity contribution in [3.63, 3.8) is 0 Å². The lowest BCUT2D eigenvalue weighted by molar-refractivity contribution is 0.340. The highest BCUT2D eigenvalue weighted by Gasteiger charge is 2.18. The van der Waals surface area contributed by atoms with Crippen molar-refractivity contribution in [1.29, 1.82) is 0 Å². The van der Waals surface area contributed by atoms with Gasteiger partial charge in [-0.3, -0.25) is 13.9 Å². The Hall–Kier alpha value is -3.49. The Morgan fingerprint density at radius 1 is 1.03 bits per heavy atom. The number of aromatic nitrogens is 4. The van der Waals surface area contributed by atoms with Gasteiger partial charge in [0.05, 0.1) is 14.2 Å². The number of hydrogen-bond acceptors (Lipinski definition) is 6. The predicted molar refractivity (Wildman–Crippen MR) is 111 cm³/mol. The second-order valence-electron chi connectivity index (χ2n) is 6.38.